The monoisotopic (exact) mass is 333 g/mol. The van der Waals surface area contributed by atoms with E-state index in [4.69, 9.17) is 9.47 Å². The summed E-state index contributed by atoms with van der Waals surface area (Å²) in [6.07, 6.45) is -3.37. The number of esters is 1. The number of carbonyl (C=O) groups is 2. The second-order valence-corrected chi connectivity index (χ2v) is 4.59. The lowest BCUT2D eigenvalue weighted by molar-refractivity contribution is -0.167. The molecule has 0 unspecified atom stereocenters. The third-order valence-electron chi connectivity index (χ3n) is 2.75. The van der Waals surface area contributed by atoms with Crippen LogP contribution < -0.4 is 10.1 Å². The number of alkyl halides is 3. The molecule has 0 fully saturated rings. The molecule has 0 aliphatic rings. The molecule has 23 heavy (non-hydrogen) atoms. The number of halogens is 3. The Balaban J connectivity index is 3.01. The van der Waals surface area contributed by atoms with Gasteiger partial charge in [-0.3, -0.25) is 4.79 Å². The molecule has 0 spiro atoms. The summed E-state index contributed by atoms with van der Waals surface area (Å²) in [6.45, 7) is 4.03. The van der Waals surface area contributed by atoms with E-state index in [9.17, 15) is 22.8 Å². The molecule has 5 nitrogen and oxygen atoms in total. The first kappa shape index (κ1) is 18.8. The number of amides is 1. The van der Waals surface area contributed by atoms with Crippen molar-refractivity contribution in [3.63, 3.8) is 0 Å². The first-order valence-electron chi connectivity index (χ1n) is 7.11. The number of carbonyl (C=O) groups excluding carboxylic acids is 2. The van der Waals surface area contributed by atoms with Gasteiger partial charge >= 0.3 is 18.1 Å². The van der Waals surface area contributed by atoms with Gasteiger partial charge in [-0.1, -0.05) is 13.3 Å². The molecule has 128 valence electrons. The summed E-state index contributed by atoms with van der Waals surface area (Å²) in [7, 11) is 0. The third-order valence-corrected chi connectivity index (χ3v) is 2.75. The van der Waals surface area contributed by atoms with Gasteiger partial charge in [-0.15, -0.1) is 0 Å². The summed E-state index contributed by atoms with van der Waals surface area (Å²) in [5, 5.41) is 1.69. The molecular formula is C15H18F3NO4. The van der Waals surface area contributed by atoms with Gasteiger partial charge in [-0.2, -0.15) is 13.2 Å². The van der Waals surface area contributed by atoms with Gasteiger partial charge in [0, 0.05) is 5.69 Å². The maximum Gasteiger partial charge on any atom is 0.471 e. The Hall–Kier alpha value is -2.25. The third kappa shape index (κ3) is 5.80. The molecule has 0 heterocycles. The van der Waals surface area contributed by atoms with Gasteiger partial charge in [-0.25, -0.2) is 4.79 Å². The van der Waals surface area contributed by atoms with Crippen LogP contribution in [0.2, 0.25) is 0 Å². The van der Waals surface area contributed by atoms with Gasteiger partial charge in [0.25, 0.3) is 0 Å². The number of nitrogens with one attached hydrogen (secondary N) is 1. The zero-order valence-electron chi connectivity index (χ0n) is 12.8. The van der Waals surface area contributed by atoms with E-state index in [1.54, 1.807) is 12.2 Å². The van der Waals surface area contributed by atoms with E-state index in [0.29, 0.717) is 6.61 Å². The molecule has 0 aromatic heterocycles. The molecule has 0 aliphatic heterocycles. The van der Waals surface area contributed by atoms with Crippen molar-refractivity contribution in [2.45, 2.75) is 32.9 Å². The molecule has 0 aliphatic carbocycles. The van der Waals surface area contributed by atoms with E-state index in [1.165, 1.54) is 12.1 Å². The minimum absolute atomic E-state index is 0.0390. The van der Waals surface area contributed by atoms with Crippen LogP contribution in [0.15, 0.2) is 18.2 Å². The Morgan fingerprint density at radius 3 is 2.48 bits per heavy atom. The van der Waals surface area contributed by atoms with Gasteiger partial charge < -0.3 is 14.8 Å². The zero-order chi connectivity index (χ0) is 17.5. The minimum atomic E-state index is -5.01. The number of ether oxygens (including phenoxy) is 2. The van der Waals surface area contributed by atoms with Crippen molar-refractivity contribution in [1.82, 2.24) is 0 Å². The first-order valence-corrected chi connectivity index (χ1v) is 7.11. The Morgan fingerprint density at radius 1 is 1.22 bits per heavy atom. The summed E-state index contributed by atoms with van der Waals surface area (Å²) < 4.78 is 47.1. The van der Waals surface area contributed by atoms with Crippen molar-refractivity contribution in [2.75, 3.05) is 18.5 Å². The fourth-order valence-electron chi connectivity index (χ4n) is 1.63. The fourth-order valence-corrected chi connectivity index (χ4v) is 1.63. The molecule has 1 aromatic carbocycles. The zero-order valence-corrected chi connectivity index (χ0v) is 12.8. The van der Waals surface area contributed by atoms with Crippen LogP contribution in [0.25, 0.3) is 0 Å². The summed E-state index contributed by atoms with van der Waals surface area (Å²) in [6, 6.07) is 3.66. The second kappa shape index (κ2) is 8.40. The van der Waals surface area contributed by atoms with E-state index in [1.807, 2.05) is 6.92 Å². The van der Waals surface area contributed by atoms with Crippen molar-refractivity contribution in [2.24, 2.45) is 0 Å². The van der Waals surface area contributed by atoms with Gasteiger partial charge in [0.05, 0.1) is 13.2 Å². The lowest BCUT2D eigenvalue weighted by Gasteiger charge is -2.13. The topological polar surface area (TPSA) is 64.6 Å². The molecule has 1 amide bonds. The number of unbranched alkanes of at least 4 members (excludes halogenated alkanes) is 1. The molecule has 1 N–H and O–H groups in total. The molecule has 1 aromatic rings. The van der Waals surface area contributed by atoms with E-state index in [2.05, 4.69) is 0 Å². The average Bonchev–Trinajstić information content (AvgIpc) is 2.48. The van der Waals surface area contributed by atoms with Crippen LogP contribution >= 0.6 is 0 Å². The molecule has 8 heteroatoms. The van der Waals surface area contributed by atoms with Crippen molar-refractivity contribution >= 4 is 17.6 Å². The van der Waals surface area contributed by atoms with Crippen molar-refractivity contribution in [3.8, 4) is 5.75 Å². The number of hydrogen-bond donors (Lipinski definition) is 1. The molecule has 0 saturated carbocycles. The van der Waals surface area contributed by atoms with E-state index in [-0.39, 0.29) is 23.6 Å². The SMILES string of the molecule is CCCCOc1ccc(NC(=O)C(F)(F)F)cc1C(=O)OCC. The Bertz CT molecular complexity index is 558. The van der Waals surface area contributed by atoms with E-state index >= 15 is 0 Å². The second-order valence-electron chi connectivity index (χ2n) is 4.59. The summed E-state index contributed by atoms with van der Waals surface area (Å²) >= 11 is 0. The highest BCUT2D eigenvalue weighted by Gasteiger charge is 2.38. The summed E-state index contributed by atoms with van der Waals surface area (Å²) in [5.74, 6) is -2.66. The van der Waals surface area contributed by atoms with Gasteiger partial charge in [0.2, 0.25) is 0 Å². The molecule has 1 rings (SSSR count). The fraction of sp³-hybridized carbons (Fsp3) is 0.467. The summed E-state index contributed by atoms with van der Waals surface area (Å²) in [4.78, 5) is 22.8. The molecule has 0 saturated heterocycles. The predicted molar refractivity (Wildman–Crippen MR) is 77.5 cm³/mol. The van der Waals surface area contributed by atoms with Crippen LogP contribution in [0.5, 0.6) is 5.75 Å². The molecule has 0 atom stereocenters. The first-order chi connectivity index (χ1) is 10.8. The lowest BCUT2D eigenvalue weighted by atomic mass is 10.1. The predicted octanol–water partition coefficient (Wildman–Crippen LogP) is 3.54. The van der Waals surface area contributed by atoms with Crippen LogP contribution in [0.4, 0.5) is 18.9 Å². The van der Waals surface area contributed by atoms with Crippen LogP contribution in [0.1, 0.15) is 37.0 Å². The van der Waals surface area contributed by atoms with Crippen molar-refractivity contribution < 1.29 is 32.2 Å². The largest absolute Gasteiger partial charge is 0.493 e. The number of benzene rings is 1. The normalized spacial score (nSPS) is 11.0. The van der Waals surface area contributed by atoms with Crippen LogP contribution in [0, 0.1) is 0 Å². The summed E-state index contributed by atoms with van der Waals surface area (Å²) in [5.41, 5.74) is -0.207. The number of anilines is 1. The highest BCUT2D eigenvalue weighted by Crippen LogP contribution is 2.26. The van der Waals surface area contributed by atoms with Gasteiger partial charge in [0.1, 0.15) is 11.3 Å². The lowest BCUT2D eigenvalue weighted by Crippen LogP contribution is -2.30. The van der Waals surface area contributed by atoms with Gasteiger partial charge in [-0.05, 0) is 31.5 Å². The van der Waals surface area contributed by atoms with Crippen LogP contribution in [-0.4, -0.2) is 31.3 Å². The minimum Gasteiger partial charge on any atom is -0.493 e. The highest BCUT2D eigenvalue weighted by atomic mass is 19.4. The van der Waals surface area contributed by atoms with Crippen molar-refractivity contribution in [1.29, 1.82) is 0 Å². The van der Waals surface area contributed by atoms with Crippen LogP contribution in [-0.2, 0) is 9.53 Å². The number of rotatable bonds is 7. The van der Waals surface area contributed by atoms with E-state index < -0.39 is 18.1 Å². The van der Waals surface area contributed by atoms with Crippen LogP contribution in [0.3, 0.4) is 0 Å². The van der Waals surface area contributed by atoms with E-state index in [0.717, 1.165) is 18.9 Å². The molecule has 0 bridgehead atoms. The average molecular weight is 333 g/mol. The standard InChI is InChI=1S/C15H18F3NO4/c1-3-5-8-23-12-7-6-10(19-14(21)15(16,17)18)9-11(12)13(20)22-4-2/h6-7,9H,3-5,8H2,1-2H3,(H,19,21). The Morgan fingerprint density at radius 2 is 1.91 bits per heavy atom. The smallest absolute Gasteiger partial charge is 0.471 e. The molecule has 0 radical (unpaired) electrons. The van der Waals surface area contributed by atoms with Gasteiger partial charge in [0.15, 0.2) is 0 Å². The maximum atomic E-state index is 12.3. The van der Waals surface area contributed by atoms with Crippen molar-refractivity contribution in [3.05, 3.63) is 23.8 Å². The highest BCUT2D eigenvalue weighted by molar-refractivity contribution is 5.98. The Kier molecular flexibility index (Phi) is 6.87. The molecular weight excluding hydrogens is 315 g/mol. The number of hydrogen-bond acceptors (Lipinski definition) is 4. The quantitative estimate of drug-likeness (QED) is 0.612. The maximum absolute atomic E-state index is 12.3. The Labute approximate surface area is 131 Å².